The molecule has 0 bridgehead atoms. The third-order valence-electron chi connectivity index (χ3n) is 3.97. The highest BCUT2D eigenvalue weighted by Gasteiger charge is 2.16. The summed E-state index contributed by atoms with van der Waals surface area (Å²) in [4.78, 5) is 18.9. The van der Waals surface area contributed by atoms with Crippen LogP contribution in [-0.2, 0) is 16.1 Å². The molecule has 1 amide bonds. The number of thioether (sulfide) groups is 1. The fourth-order valence-electron chi connectivity index (χ4n) is 2.55. The summed E-state index contributed by atoms with van der Waals surface area (Å²) in [6.07, 6.45) is 0. The molecule has 1 aromatic heterocycles. The molecule has 7 heteroatoms. The van der Waals surface area contributed by atoms with Crippen LogP contribution in [0.25, 0.3) is 11.4 Å². The van der Waals surface area contributed by atoms with E-state index in [0.29, 0.717) is 30.7 Å². The maximum absolute atomic E-state index is 12.7. The molecule has 0 aliphatic heterocycles. The van der Waals surface area contributed by atoms with Crippen LogP contribution in [0.2, 0.25) is 0 Å². The number of amides is 1. The molecule has 6 nitrogen and oxygen atoms in total. The number of carbonyl (C=O) groups is 1. The van der Waals surface area contributed by atoms with Gasteiger partial charge in [0.05, 0.1) is 12.4 Å². The molecule has 3 rings (SSSR count). The Bertz CT molecular complexity index is 839. The van der Waals surface area contributed by atoms with E-state index in [0.717, 1.165) is 11.1 Å². The number of carbonyl (C=O) groups excluding carboxylic acids is 1. The maximum atomic E-state index is 12.7. The van der Waals surface area contributed by atoms with Crippen molar-refractivity contribution in [1.29, 1.82) is 0 Å². The fourth-order valence-corrected chi connectivity index (χ4v) is 3.25. The first-order valence-electron chi connectivity index (χ1n) is 8.67. The summed E-state index contributed by atoms with van der Waals surface area (Å²) in [6, 6.07) is 19.7. The maximum Gasteiger partial charge on any atom is 0.233 e. The number of hydrogen-bond acceptors (Lipinski definition) is 5. The fraction of sp³-hybridized carbons (Fsp3) is 0.250. The Labute approximate surface area is 163 Å². The average molecular weight is 382 g/mol. The molecule has 0 fully saturated rings. The van der Waals surface area contributed by atoms with E-state index in [1.54, 1.807) is 12.0 Å². The molecule has 27 heavy (non-hydrogen) atoms. The van der Waals surface area contributed by atoms with Gasteiger partial charge in [0, 0.05) is 25.8 Å². The van der Waals surface area contributed by atoms with Gasteiger partial charge >= 0.3 is 0 Å². The highest BCUT2D eigenvalue weighted by molar-refractivity contribution is 7.99. The van der Waals surface area contributed by atoms with Crippen LogP contribution in [0.5, 0.6) is 0 Å². The van der Waals surface area contributed by atoms with Gasteiger partial charge in [-0.2, -0.15) is 0 Å². The van der Waals surface area contributed by atoms with Gasteiger partial charge in [-0.15, -0.1) is 5.10 Å². The molecular weight excluding hydrogens is 360 g/mol. The Morgan fingerprint density at radius 1 is 1.11 bits per heavy atom. The number of nitrogens with zero attached hydrogens (tertiary/aromatic N) is 3. The highest BCUT2D eigenvalue weighted by Crippen LogP contribution is 2.19. The summed E-state index contributed by atoms with van der Waals surface area (Å²) < 4.78 is 5.14. The summed E-state index contributed by atoms with van der Waals surface area (Å²) in [5.74, 6) is 1.01. The van der Waals surface area contributed by atoms with Crippen molar-refractivity contribution in [1.82, 2.24) is 20.1 Å². The van der Waals surface area contributed by atoms with Crippen molar-refractivity contribution in [2.45, 2.75) is 11.7 Å². The van der Waals surface area contributed by atoms with Gasteiger partial charge in [0.25, 0.3) is 0 Å². The number of aromatic amines is 1. The zero-order valence-electron chi connectivity index (χ0n) is 15.2. The summed E-state index contributed by atoms with van der Waals surface area (Å²) in [7, 11) is 1.64. The van der Waals surface area contributed by atoms with E-state index in [1.165, 1.54) is 11.8 Å². The molecule has 0 unspecified atom stereocenters. The minimum absolute atomic E-state index is 0.0342. The monoisotopic (exact) mass is 382 g/mol. The van der Waals surface area contributed by atoms with E-state index >= 15 is 0 Å². The number of rotatable bonds is 9. The first-order valence-corrected chi connectivity index (χ1v) is 9.66. The summed E-state index contributed by atoms with van der Waals surface area (Å²) in [5, 5.41) is 7.69. The summed E-state index contributed by atoms with van der Waals surface area (Å²) in [6.45, 7) is 1.61. The molecule has 2 aromatic carbocycles. The lowest BCUT2D eigenvalue weighted by Crippen LogP contribution is -2.34. The number of ether oxygens (including phenoxy) is 1. The van der Waals surface area contributed by atoms with E-state index in [4.69, 9.17) is 4.74 Å². The van der Waals surface area contributed by atoms with E-state index in [2.05, 4.69) is 15.2 Å². The molecule has 0 saturated carbocycles. The Morgan fingerprint density at radius 3 is 2.52 bits per heavy atom. The largest absolute Gasteiger partial charge is 0.383 e. The Balaban J connectivity index is 1.59. The Hall–Kier alpha value is -2.64. The lowest BCUT2D eigenvalue weighted by atomic mass is 10.2. The topological polar surface area (TPSA) is 71.1 Å². The molecule has 0 aliphatic carbocycles. The quantitative estimate of drug-likeness (QED) is 0.575. The van der Waals surface area contributed by atoms with Crippen LogP contribution in [-0.4, -0.2) is 52.0 Å². The smallest absolute Gasteiger partial charge is 0.233 e. The van der Waals surface area contributed by atoms with Gasteiger partial charge in [-0.3, -0.25) is 9.89 Å². The molecule has 1 heterocycles. The molecule has 0 spiro atoms. The van der Waals surface area contributed by atoms with E-state index in [9.17, 15) is 4.79 Å². The first-order chi connectivity index (χ1) is 13.3. The zero-order chi connectivity index (χ0) is 18.9. The van der Waals surface area contributed by atoms with Gasteiger partial charge in [0.1, 0.15) is 0 Å². The molecule has 140 valence electrons. The average Bonchev–Trinajstić information content (AvgIpc) is 3.20. The van der Waals surface area contributed by atoms with Gasteiger partial charge in [-0.1, -0.05) is 72.4 Å². The molecule has 1 N–H and O–H groups in total. The number of aromatic nitrogens is 3. The lowest BCUT2D eigenvalue weighted by molar-refractivity contribution is -0.129. The molecule has 0 atom stereocenters. The molecule has 0 saturated heterocycles. The van der Waals surface area contributed by atoms with Crippen LogP contribution < -0.4 is 0 Å². The van der Waals surface area contributed by atoms with Crippen molar-refractivity contribution in [3.8, 4) is 11.4 Å². The van der Waals surface area contributed by atoms with Crippen molar-refractivity contribution >= 4 is 17.7 Å². The van der Waals surface area contributed by atoms with Crippen LogP contribution in [0.1, 0.15) is 5.56 Å². The van der Waals surface area contributed by atoms with Crippen molar-refractivity contribution in [2.24, 2.45) is 0 Å². The predicted molar refractivity (Wildman–Crippen MR) is 106 cm³/mol. The summed E-state index contributed by atoms with van der Waals surface area (Å²) in [5.41, 5.74) is 2.06. The highest BCUT2D eigenvalue weighted by atomic mass is 32.2. The van der Waals surface area contributed by atoms with Crippen molar-refractivity contribution in [3.63, 3.8) is 0 Å². The van der Waals surface area contributed by atoms with Gasteiger partial charge in [0.15, 0.2) is 5.82 Å². The number of H-pyrrole nitrogens is 1. The Morgan fingerprint density at radius 2 is 1.81 bits per heavy atom. The van der Waals surface area contributed by atoms with Crippen LogP contribution in [0, 0.1) is 0 Å². The lowest BCUT2D eigenvalue weighted by Gasteiger charge is -2.22. The second kappa shape index (κ2) is 9.89. The second-order valence-electron chi connectivity index (χ2n) is 5.91. The molecule has 0 radical (unpaired) electrons. The van der Waals surface area contributed by atoms with Crippen molar-refractivity contribution < 1.29 is 9.53 Å². The number of benzene rings is 2. The van der Waals surface area contributed by atoms with Crippen LogP contribution in [0.3, 0.4) is 0 Å². The first kappa shape index (κ1) is 19.1. The SMILES string of the molecule is COCCN(Cc1ccccc1)C(=O)CSc1n[nH]c(-c2ccccc2)n1. The minimum atomic E-state index is 0.0342. The number of methoxy groups -OCH3 is 1. The Kier molecular flexibility index (Phi) is 7.01. The van der Waals surface area contributed by atoms with E-state index in [-0.39, 0.29) is 11.7 Å². The predicted octanol–water partition coefficient (Wildman–Crippen LogP) is 3.24. The van der Waals surface area contributed by atoms with Crippen LogP contribution in [0.4, 0.5) is 0 Å². The second-order valence-corrected chi connectivity index (χ2v) is 6.86. The van der Waals surface area contributed by atoms with Gasteiger partial charge in [-0.25, -0.2) is 4.98 Å². The molecule has 0 aliphatic rings. The van der Waals surface area contributed by atoms with Crippen molar-refractivity contribution in [3.05, 3.63) is 66.2 Å². The van der Waals surface area contributed by atoms with Crippen LogP contribution >= 0.6 is 11.8 Å². The van der Waals surface area contributed by atoms with Gasteiger partial charge in [0.2, 0.25) is 11.1 Å². The van der Waals surface area contributed by atoms with E-state index in [1.807, 2.05) is 60.7 Å². The van der Waals surface area contributed by atoms with Crippen LogP contribution in [0.15, 0.2) is 65.8 Å². The molecule has 3 aromatic rings. The normalized spacial score (nSPS) is 10.7. The van der Waals surface area contributed by atoms with Crippen molar-refractivity contribution in [2.75, 3.05) is 26.0 Å². The van der Waals surface area contributed by atoms with Gasteiger partial charge < -0.3 is 9.64 Å². The zero-order valence-corrected chi connectivity index (χ0v) is 16.0. The number of hydrogen-bond donors (Lipinski definition) is 1. The third-order valence-corrected chi connectivity index (χ3v) is 4.80. The minimum Gasteiger partial charge on any atom is -0.383 e. The standard InChI is InChI=1S/C20H22N4O2S/c1-26-13-12-24(14-16-8-4-2-5-9-16)18(25)15-27-20-21-19(22-23-20)17-10-6-3-7-11-17/h2-11H,12-15H2,1H3,(H,21,22,23). The molecular formula is C20H22N4O2S. The third kappa shape index (κ3) is 5.67. The van der Waals surface area contributed by atoms with E-state index < -0.39 is 0 Å². The number of nitrogens with one attached hydrogen (secondary N) is 1. The van der Waals surface area contributed by atoms with Gasteiger partial charge in [-0.05, 0) is 5.56 Å². The summed E-state index contributed by atoms with van der Waals surface area (Å²) >= 11 is 1.33.